The fourth-order valence-corrected chi connectivity index (χ4v) is 1.12. The van der Waals surface area contributed by atoms with E-state index in [1.165, 1.54) is 21.9 Å². The van der Waals surface area contributed by atoms with Crippen LogP contribution < -0.4 is 10.5 Å². The first kappa shape index (κ1) is 12.4. The molecular weight excluding hydrogens is 174 g/mol. The van der Waals surface area contributed by atoms with Gasteiger partial charge in [0.2, 0.25) is 0 Å². The molecule has 0 bridgehead atoms. The van der Waals surface area contributed by atoms with Crippen LogP contribution in [0.5, 0.6) is 0 Å². The zero-order valence-corrected chi connectivity index (χ0v) is 11.2. The van der Waals surface area contributed by atoms with E-state index in [1.54, 1.807) is 0 Å². The molecule has 0 spiro atoms. The van der Waals surface area contributed by atoms with Crippen molar-refractivity contribution in [1.82, 2.24) is 5.32 Å². The summed E-state index contributed by atoms with van der Waals surface area (Å²) < 4.78 is 0. The van der Waals surface area contributed by atoms with Crippen molar-refractivity contribution in [1.29, 1.82) is 0 Å². The van der Waals surface area contributed by atoms with Gasteiger partial charge in [0, 0.05) is 16.3 Å². The lowest BCUT2D eigenvalue weighted by atomic mass is 10.3. The van der Waals surface area contributed by atoms with Crippen molar-refractivity contribution >= 4 is 15.4 Å². The fraction of sp³-hybridized carbons (Fsp3) is 0.455. The summed E-state index contributed by atoms with van der Waals surface area (Å²) in [5, 5.41) is 4.58. The van der Waals surface area contributed by atoms with E-state index in [1.807, 2.05) is 13.1 Å². The molecule has 0 aliphatic heterocycles. The highest BCUT2D eigenvalue weighted by atomic mass is 28.1. The minimum Gasteiger partial charge on any atom is -0.317 e. The van der Waals surface area contributed by atoms with E-state index < -0.39 is 0 Å². The van der Waals surface area contributed by atoms with Gasteiger partial charge in [0.15, 0.2) is 0 Å². The molecule has 0 saturated heterocycles. The average molecular weight is 195 g/mol. The minimum atomic E-state index is 0.685. The van der Waals surface area contributed by atoms with E-state index in [4.69, 9.17) is 0 Å². The highest BCUT2D eigenvalue weighted by molar-refractivity contribution is 6.32. The third-order valence-corrected chi connectivity index (χ3v) is 2.71. The van der Waals surface area contributed by atoms with E-state index >= 15 is 0 Å². The SMILES string of the molecule is CCC(C)NC.[SiH3]c1ccccc1. The molecule has 1 nitrogen and oxygen atoms in total. The Morgan fingerprint density at radius 2 is 1.85 bits per heavy atom. The lowest BCUT2D eigenvalue weighted by molar-refractivity contribution is 0.593. The Morgan fingerprint density at radius 1 is 1.31 bits per heavy atom. The molecule has 1 N–H and O–H groups in total. The summed E-state index contributed by atoms with van der Waals surface area (Å²) in [7, 11) is 3.15. The highest BCUT2D eigenvalue weighted by Crippen LogP contribution is 1.82. The van der Waals surface area contributed by atoms with Gasteiger partial charge in [-0.05, 0) is 20.4 Å². The largest absolute Gasteiger partial charge is 0.317 e. The Hall–Kier alpha value is -0.603. The average Bonchev–Trinajstić information content (AvgIpc) is 2.19. The van der Waals surface area contributed by atoms with Crippen LogP contribution in [0.2, 0.25) is 0 Å². The molecule has 0 radical (unpaired) electrons. The van der Waals surface area contributed by atoms with Gasteiger partial charge in [-0.2, -0.15) is 0 Å². The van der Waals surface area contributed by atoms with Gasteiger partial charge in [-0.3, -0.25) is 0 Å². The Labute approximate surface area is 85.0 Å². The Balaban J connectivity index is 0.000000226. The van der Waals surface area contributed by atoms with Crippen LogP contribution in [0.15, 0.2) is 30.3 Å². The summed E-state index contributed by atoms with van der Waals surface area (Å²) in [5.41, 5.74) is 0. The summed E-state index contributed by atoms with van der Waals surface area (Å²) in [4.78, 5) is 0. The summed E-state index contributed by atoms with van der Waals surface area (Å²) in [6.45, 7) is 4.33. The summed E-state index contributed by atoms with van der Waals surface area (Å²) in [5.74, 6) is 0. The molecule has 13 heavy (non-hydrogen) atoms. The summed E-state index contributed by atoms with van der Waals surface area (Å²) in [6.07, 6.45) is 1.22. The molecule has 1 unspecified atom stereocenters. The number of hydrogen-bond donors (Lipinski definition) is 1. The van der Waals surface area contributed by atoms with Crippen molar-refractivity contribution in [2.45, 2.75) is 26.3 Å². The molecule has 1 aromatic rings. The first-order valence-electron chi connectivity index (χ1n) is 4.89. The summed E-state index contributed by atoms with van der Waals surface area (Å²) in [6, 6.07) is 11.2. The molecule has 0 aliphatic rings. The zero-order valence-electron chi connectivity index (χ0n) is 9.17. The van der Waals surface area contributed by atoms with E-state index in [2.05, 4.69) is 43.4 Å². The van der Waals surface area contributed by atoms with Gasteiger partial charge in [0.25, 0.3) is 0 Å². The molecule has 0 fully saturated rings. The van der Waals surface area contributed by atoms with E-state index in [0.717, 1.165) is 0 Å². The summed E-state index contributed by atoms with van der Waals surface area (Å²) >= 11 is 0. The highest BCUT2D eigenvalue weighted by Gasteiger charge is 1.86. The van der Waals surface area contributed by atoms with Crippen molar-refractivity contribution in [3.63, 3.8) is 0 Å². The Bertz CT molecular complexity index is 195. The number of nitrogens with one attached hydrogen (secondary N) is 1. The van der Waals surface area contributed by atoms with Gasteiger partial charge in [-0.1, -0.05) is 42.4 Å². The molecule has 0 heterocycles. The predicted molar refractivity (Wildman–Crippen MR) is 64.8 cm³/mol. The van der Waals surface area contributed by atoms with E-state index in [9.17, 15) is 0 Å². The third-order valence-electron chi connectivity index (χ3n) is 2.05. The maximum atomic E-state index is 3.11. The second-order valence-electron chi connectivity index (χ2n) is 3.25. The van der Waals surface area contributed by atoms with Crippen LogP contribution in [0.3, 0.4) is 0 Å². The van der Waals surface area contributed by atoms with Crippen LogP contribution >= 0.6 is 0 Å². The molecule has 0 aromatic heterocycles. The topological polar surface area (TPSA) is 12.0 Å². The molecule has 1 rings (SSSR count). The van der Waals surface area contributed by atoms with Crippen LogP contribution in [-0.2, 0) is 0 Å². The number of benzene rings is 1. The second kappa shape index (κ2) is 8.02. The van der Waals surface area contributed by atoms with Gasteiger partial charge in [-0.15, -0.1) is 0 Å². The molecule has 1 aromatic carbocycles. The first-order chi connectivity index (χ1) is 6.20. The Kier molecular flexibility index (Phi) is 7.64. The van der Waals surface area contributed by atoms with Gasteiger partial charge >= 0.3 is 0 Å². The van der Waals surface area contributed by atoms with Crippen LogP contribution in [0.4, 0.5) is 0 Å². The van der Waals surface area contributed by atoms with Gasteiger partial charge in [0.05, 0.1) is 0 Å². The molecule has 2 heteroatoms. The van der Waals surface area contributed by atoms with Crippen molar-refractivity contribution in [2.75, 3.05) is 7.05 Å². The van der Waals surface area contributed by atoms with Gasteiger partial charge < -0.3 is 5.32 Å². The van der Waals surface area contributed by atoms with Crippen LogP contribution in [0.1, 0.15) is 20.3 Å². The molecule has 74 valence electrons. The fourth-order valence-electron chi connectivity index (χ4n) is 0.739. The van der Waals surface area contributed by atoms with Gasteiger partial charge in [-0.25, -0.2) is 0 Å². The molecule has 1 atom stereocenters. The van der Waals surface area contributed by atoms with Gasteiger partial charge in [0.1, 0.15) is 0 Å². The number of rotatable bonds is 2. The maximum Gasteiger partial charge on any atom is 0.0384 e. The molecule has 0 saturated carbocycles. The van der Waals surface area contributed by atoms with E-state index in [0.29, 0.717) is 6.04 Å². The monoisotopic (exact) mass is 195 g/mol. The smallest absolute Gasteiger partial charge is 0.0384 e. The minimum absolute atomic E-state index is 0.685. The maximum absolute atomic E-state index is 3.11. The normalized spacial score (nSPS) is 11.6. The lowest BCUT2D eigenvalue weighted by Gasteiger charge is -2.02. The number of hydrogen-bond acceptors (Lipinski definition) is 1. The Morgan fingerprint density at radius 3 is 2.00 bits per heavy atom. The third kappa shape index (κ3) is 7.75. The van der Waals surface area contributed by atoms with Crippen LogP contribution in [0, 0.1) is 0 Å². The lowest BCUT2D eigenvalue weighted by Crippen LogP contribution is -2.19. The molecular formula is C11H21NSi. The first-order valence-corrected chi connectivity index (χ1v) is 5.89. The van der Waals surface area contributed by atoms with Crippen LogP contribution in [0.25, 0.3) is 0 Å². The molecule has 0 amide bonds. The zero-order chi connectivity index (χ0) is 10.1. The van der Waals surface area contributed by atoms with Crippen molar-refractivity contribution in [3.05, 3.63) is 30.3 Å². The second-order valence-corrected chi connectivity index (χ2v) is 4.41. The van der Waals surface area contributed by atoms with Crippen LogP contribution in [-0.4, -0.2) is 23.3 Å². The van der Waals surface area contributed by atoms with Crippen molar-refractivity contribution in [2.24, 2.45) is 0 Å². The van der Waals surface area contributed by atoms with Crippen molar-refractivity contribution < 1.29 is 0 Å². The predicted octanol–water partition coefficient (Wildman–Crippen LogP) is 0.682. The molecule has 0 aliphatic carbocycles. The quantitative estimate of drug-likeness (QED) is 0.685. The van der Waals surface area contributed by atoms with Crippen molar-refractivity contribution in [3.8, 4) is 0 Å². The standard InChI is InChI=1S/C6H8Si.C5H13N/c7-6-4-2-1-3-5-6;1-4-5(2)6-3/h1-5H,7H3;5-6H,4H2,1-3H3. The van der Waals surface area contributed by atoms with E-state index in [-0.39, 0.29) is 0 Å².